The van der Waals surface area contributed by atoms with Crippen LogP contribution >= 0.6 is 33.9 Å². The summed E-state index contributed by atoms with van der Waals surface area (Å²) in [5.74, 6) is 1.08. The van der Waals surface area contributed by atoms with Crippen LogP contribution in [0.5, 0.6) is 0 Å². The SMILES string of the molecule is CCSC(=S)N(CC)CC.P. The van der Waals surface area contributed by atoms with Crippen molar-refractivity contribution >= 4 is 38.2 Å². The van der Waals surface area contributed by atoms with Gasteiger partial charge in [0.05, 0.1) is 0 Å². The zero-order valence-electron chi connectivity index (χ0n) is 7.59. The molecule has 0 aliphatic carbocycles. The molecule has 0 saturated carbocycles. The summed E-state index contributed by atoms with van der Waals surface area (Å²) in [5.41, 5.74) is 0. The first-order valence-electron chi connectivity index (χ1n) is 3.67. The molecule has 0 aromatic rings. The largest absolute Gasteiger partial charge is 0.358 e. The van der Waals surface area contributed by atoms with Gasteiger partial charge in [-0.2, -0.15) is 9.90 Å². The molecule has 1 nitrogen and oxygen atoms in total. The van der Waals surface area contributed by atoms with Crippen molar-refractivity contribution in [3.8, 4) is 0 Å². The van der Waals surface area contributed by atoms with Crippen molar-refractivity contribution in [1.82, 2.24) is 4.90 Å². The van der Waals surface area contributed by atoms with E-state index in [0.29, 0.717) is 0 Å². The number of thioether (sulfide) groups is 1. The van der Waals surface area contributed by atoms with Crippen molar-refractivity contribution in [2.75, 3.05) is 18.8 Å². The van der Waals surface area contributed by atoms with E-state index >= 15 is 0 Å². The molecule has 0 aromatic heterocycles. The molecule has 0 fully saturated rings. The Kier molecular flexibility index (Phi) is 11.3. The van der Waals surface area contributed by atoms with Crippen molar-refractivity contribution in [3.63, 3.8) is 0 Å². The zero-order chi connectivity index (χ0) is 7.98. The lowest BCUT2D eigenvalue weighted by molar-refractivity contribution is 0.482. The normalized spacial score (nSPS) is 8.64. The van der Waals surface area contributed by atoms with E-state index in [1.54, 1.807) is 11.8 Å². The van der Waals surface area contributed by atoms with Crippen molar-refractivity contribution in [2.24, 2.45) is 0 Å². The van der Waals surface area contributed by atoms with E-state index < -0.39 is 0 Å². The van der Waals surface area contributed by atoms with E-state index in [9.17, 15) is 0 Å². The summed E-state index contributed by atoms with van der Waals surface area (Å²) < 4.78 is 1.03. The lowest BCUT2D eigenvalue weighted by Gasteiger charge is -2.20. The molecule has 68 valence electrons. The maximum atomic E-state index is 5.16. The Bertz CT molecular complexity index is 105. The van der Waals surface area contributed by atoms with Crippen LogP contribution in [-0.2, 0) is 0 Å². The van der Waals surface area contributed by atoms with E-state index in [1.165, 1.54) is 0 Å². The van der Waals surface area contributed by atoms with Gasteiger partial charge in [-0.15, -0.1) is 0 Å². The summed E-state index contributed by atoms with van der Waals surface area (Å²) in [4.78, 5) is 2.20. The summed E-state index contributed by atoms with van der Waals surface area (Å²) in [5, 5.41) is 0. The summed E-state index contributed by atoms with van der Waals surface area (Å²) in [6, 6.07) is 0. The fourth-order valence-corrected chi connectivity index (χ4v) is 2.00. The Balaban J connectivity index is 0. The predicted molar refractivity (Wildman–Crippen MR) is 64.8 cm³/mol. The molecule has 11 heavy (non-hydrogen) atoms. The first-order valence-corrected chi connectivity index (χ1v) is 5.07. The topological polar surface area (TPSA) is 3.24 Å². The first-order chi connectivity index (χ1) is 4.76. The first kappa shape index (κ1) is 14.2. The van der Waals surface area contributed by atoms with Crippen molar-refractivity contribution in [3.05, 3.63) is 0 Å². The van der Waals surface area contributed by atoms with E-state index in [1.807, 2.05) is 0 Å². The van der Waals surface area contributed by atoms with Gasteiger partial charge in [0.2, 0.25) is 0 Å². The highest BCUT2D eigenvalue weighted by Gasteiger charge is 2.02. The van der Waals surface area contributed by atoms with Gasteiger partial charge in [0.1, 0.15) is 4.32 Å². The van der Waals surface area contributed by atoms with Crippen LogP contribution in [0.2, 0.25) is 0 Å². The maximum Gasteiger partial charge on any atom is 0.136 e. The monoisotopic (exact) mass is 211 g/mol. The van der Waals surface area contributed by atoms with E-state index in [2.05, 4.69) is 25.7 Å². The molecule has 0 bridgehead atoms. The number of hydrogen-bond acceptors (Lipinski definition) is 2. The average Bonchev–Trinajstić information content (AvgIpc) is 1.91. The third-order valence-electron chi connectivity index (χ3n) is 1.29. The highest BCUT2D eigenvalue weighted by molar-refractivity contribution is 8.22. The van der Waals surface area contributed by atoms with E-state index in [0.717, 1.165) is 23.2 Å². The van der Waals surface area contributed by atoms with Gasteiger partial charge in [-0.1, -0.05) is 30.9 Å². The van der Waals surface area contributed by atoms with Crippen molar-refractivity contribution in [1.29, 1.82) is 0 Å². The molecule has 4 heteroatoms. The summed E-state index contributed by atoms with van der Waals surface area (Å²) >= 11 is 6.91. The Labute approximate surface area is 82.9 Å². The third-order valence-corrected chi connectivity index (χ3v) is 2.70. The molecular weight excluding hydrogens is 193 g/mol. The van der Waals surface area contributed by atoms with Gasteiger partial charge in [0, 0.05) is 13.1 Å². The second-order valence-electron chi connectivity index (χ2n) is 1.87. The second-order valence-corrected chi connectivity index (χ2v) is 3.77. The number of thiocarbonyl (C=S) groups is 1. The van der Waals surface area contributed by atoms with Crippen LogP contribution in [0.25, 0.3) is 0 Å². The zero-order valence-corrected chi connectivity index (χ0v) is 10.6. The highest BCUT2D eigenvalue weighted by Crippen LogP contribution is 2.07. The fraction of sp³-hybridized carbons (Fsp3) is 0.857. The Hall–Kier alpha value is 0.670. The lowest BCUT2D eigenvalue weighted by Crippen LogP contribution is -2.26. The molecule has 0 aliphatic heterocycles. The van der Waals surface area contributed by atoms with Crippen LogP contribution in [0, 0.1) is 0 Å². The molecule has 0 amide bonds. The van der Waals surface area contributed by atoms with Gasteiger partial charge in [-0.3, -0.25) is 0 Å². The van der Waals surface area contributed by atoms with Gasteiger partial charge < -0.3 is 4.90 Å². The van der Waals surface area contributed by atoms with E-state index in [-0.39, 0.29) is 9.90 Å². The average molecular weight is 211 g/mol. The molecule has 0 aromatic carbocycles. The third kappa shape index (κ3) is 5.89. The maximum absolute atomic E-state index is 5.16. The second kappa shape index (κ2) is 8.76. The Morgan fingerprint density at radius 3 is 2.00 bits per heavy atom. The van der Waals surface area contributed by atoms with Crippen LogP contribution in [0.3, 0.4) is 0 Å². The fourth-order valence-electron chi connectivity index (χ4n) is 0.697. The van der Waals surface area contributed by atoms with Crippen LogP contribution in [-0.4, -0.2) is 28.1 Å². The van der Waals surface area contributed by atoms with Crippen LogP contribution in [0.4, 0.5) is 0 Å². The van der Waals surface area contributed by atoms with Gasteiger partial charge in [-0.05, 0) is 19.6 Å². The van der Waals surface area contributed by atoms with Crippen molar-refractivity contribution in [2.45, 2.75) is 20.8 Å². The minimum Gasteiger partial charge on any atom is -0.358 e. The van der Waals surface area contributed by atoms with Crippen LogP contribution < -0.4 is 0 Å². The molecule has 1 unspecified atom stereocenters. The quantitative estimate of drug-likeness (QED) is 0.521. The lowest BCUT2D eigenvalue weighted by atomic mass is 10.6. The molecule has 0 spiro atoms. The van der Waals surface area contributed by atoms with Gasteiger partial charge in [0.25, 0.3) is 0 Å². The molecular formula is C7H18NPS2. The molecule has 0 heterocycles. The molecule has 0 saturated heterocycles. The summed E-state index contributed by atoms with van der Waals surface area (Å²) in [6.07, 6.45) is 0. The van der Waals surface area contributed by atoms with Gasteiger partial charge in [0.15, 0.2) is 0 Å². The van der Waals surface area contributed by atoms with Crippen LogP contribution in [0.1, 0.15) is 20.8 Å². The molecule has 1 atom stereocenters. The smallest absolute Gasteiger partial charge is 0.136 e. The summed E-state index contributed by atoms with van der Waals surface area (Å²) in [7, 11) is 0. The molecule has 0 rings (SSSR count). The predicted octanol–water partition coefficient (Wildman–Crippen LogP) is 2.42. The molecule has 0 aliphatic rings. The number of rotatable bonds is 3. The molecule has 0 radical (unpaired) electrons. The van der Waals surface area contributed by atoms with Crippen molar-refractivity contribution < 1.29 is 0 Å². The van der Waals surface area contributed by atoms with Gasteiger partial charge in [-0.25, -0.2) is 0 Å². The number of nitrogens with zero attached hydrogens (tertiary/aromatic N) is 1. The minimum atomic E-state index is 0. The Morgan fingerprint density at radius 2 is 1.73 bits per heavy atom. The highest BCUT2D eigenvalue weighted by atomic mass is 32.2. The summed E-state index contributed by atoms with van der Waals surface area (Å²) in [6.45, 7) is 8.45. The standard InChI is InChI=1S/C7H15NS2.H3P/c1-4-8(5-2)7(9)10-6-3;/h4-6H2,1-3H3;1H3. The minimum absolute atomic E-state index is 0. The van der Waals surface area contributed by atoms with E-state index in [4.69, 9.17) is 12.2 Å². The van der Waals surface area contributed by atoms with Gasteiger partial charge >= 0.3 is 0 Å². The number of hydrogen-bond donors (Lipinski definition) is 0. The van der Waals surface area contributed by atoms with Crippen LogP contribution in [0.15, 0.2) is 0 Å². The Morgan fingerprint density at radius 1 is 1.27 bits per heavy atom. The molecule has 0 N–H and O–H groups in total.